The molecule has 0 atom stereocenters. The van der Waals surface area contributed by atoms with Crippen LogP contribution in [0.2, 0.25) is 0 Å². The fourth-order valence-corrected chi connectivity index (χ4v) is 4.98. The molecule has 5 nitrogen and oxygen atoms in total. The number of hydrogen-bond donors (Lipinski definition) is 1. The average Bonchev–Trinajstić information content (AvgIpc) is 2.69. The summed E-state index contributed by atoms with van der Waals surface area (Å²) in [5.41, 5.74) is 2.97. The highest BCUT2D eigenvalue weighted by molar-refractivity contribution is 7.89. The van der Waals surface area contributed by atoms with Crippen molar-refractivity contribution in [1.29, 1.82) is 0 Å². The van der Waals surface area contributed by atoms with Gasteiger partial charge in [-0.05, 0) is 61.1 Å². The van der Waals surface area contributed by atoms with Crippen LogP contribution in [0.1, 0.15) is 60.5 Å². The molecule has 0 radical (unpaired) electrons. The van der Waals surface area contributed by atoms with Crippen molar-refractivity contribution in [1.82, 2.24) is 4.31 Å². The number of sulfonamides is 1. The molecule has 0 unspecified atom stereocenters. The lowest BCUT2D eigenvalue weighted by Crippen LogP contribution is -2.35. The minimum absolute atomic E-state index is 0.182. The summed E-state index contributed by atoms with van der Waals surface area (Å²) in [6.45, 7) is 7.09. The number of nitrogens with one attached hydrogen (secondary N) is 1. The lowest BCUT2D eigenvalue weighted by atomic mass is 10.0. The summed E-state index contributed by atoms with van der Waals surface area (Å²) < 4.78 is 27.4. The highest BCUT2D eigenvalue weighted by Crippen LogP contribution is 2.24. The molecule has 0 aromatic heterocycles. The Kier molecular flexibility index (Phi) is 6.20. The minimum atomic E-state index is -3.57. The maximum atomic E-state index is 12.9. The van der Waals surface area contributed by atoms with Gasteiger partial charge in [-0.2, -0.15) is 4.31 Å². The van der Waals surface area contributed by atoms with Gasteiger partial charge >= 0.3 is 0 Å². The standard InChI is InChI=1S/C22H28N2O3S/c1-16(2)18-8-7-9-19(14-18)23-22(25)21-15-20(11-10-17(21)3)28(26,27)24-12-5-4-6-13-24/h7-11,14-16H,4-6,12-13H2,1-3H3,(H,23,25). The van der Waals surface area contributed by atoms with Gasteiger partial charge in [0.15, 0.2) is 0 Å². The quantitative estimate of drug-likeness (QED) is 0.801. The van der Waals surface area contributed by atoms with Crippen LogP contribution in [-0.2, 0) is 10.0 Å². The molecule has 1 fully saturated rings. The number of hydrogen-bond acceptors (Lipinski definition) is 3. The van der Waals surface area contributed by atoms with Crippen molar-refractivity contribution in [2.45, 2.75) is 50.8 Å². The average molecular weight is 401 g/mol. The monoisotopic (exact) mass is 400 g/mol. The van der Waals surface area contributed by atoms with Gasteiger partial charge in [-0.25, -0.2) is 8.42 Å². The Labute approximate surface area is 167 Å². The summed E-state index contributed by atoms with van der Waals surface area (Å²) >= 11 is 0. The molecule has 150 valence electrons. The SMILES string of the molecule is Cc1ccc(S(=O)(=O)N2CCCCC2)cc1C(=O)Nc1cccc(C(C)C)c1. The van der Waals surface area contributed by atoms with Crippen LogP contribution in [-0.4, -0.2) is 31.7 Å². The molecule has 1 aliphatic heterocycles. The molecule has 1 amide bonds. The van der Waals surface area contributed by atoms with E-state index in [0.29, 0.717) is 30.3 Å². The predicted molar refractivity (Wildman–Crippen MR) is 112 cm³/mol. The summed E-state index contributed by atoms with van der Waals surface area (Å²) in [4.78, 5) is 13.0. The molecule has 1 saturated heterocycles. The smallest absolute Gasteiger partial charge is 0.255 e. The van der Waals surface area contributed by atoms with E-state index in [4.69, 9.17) is 0 Å². The lowest BCUT2D eigenvalue weighted by Gasteiger charge is -2.26. The van der Waals surface area contributed by atoms with E-state index in [1.807, 2.05) is 31.2 Å². The number of carbonyl (C=O) groups is 1. The van der Waals surface area contributed by atoms with Crippen LogP contribution in [0.3, 0.4) is 0 Å². The first-order valence-corrected chi connectivity index (χ1v) is 11.2. The topological polar surface area (TPSA) is 66.5 Å². The molecule has 3 rings (SSSR count). The zero-order valence-electron chi connectivity index (χ0n) is 16.7. The van der Waals surface area contributed by atoms with Crippen LogP contribution in [0.5, 0.6) is 0 Å². The van der Waals surface area contributed by atoms with Crippen molar-refractivity contribution in [3.05, 3.63) is 59.2 Å². The Morgan fingerprint density at radius 3 is 2.43 bits per heavy atom. The van der Waals surface area contributed by atoms with Crippen molar-refractivity contribution < 1.29 is 13.2 Å². The van der Waals surface area contributed by atoms with E-state index >= 15 is 0 Å². The molecular formula is C22H28N2O3S. The molecule has 1 aliphatic rings. The fourth-order valence-electron chi connectivity index (χ4n) is 3.43. The molecule has 2 aromatic carbocycles. The van der Waals surface area contributed by atoms with Crippen molar-refractivity contribution >= 4 is 21.6 Å². The number of anilines is 1. The van der Waals surface area contributed by atoms with E-state index in [0.717, 1.165) is 30.4 Å². The van der Waals surface area contributed by atoms with Gasteiger partial charge in [-0.1, -0.05) is 38.5 Å². The van der Waals surface area contributed by atoms with E-state index < -0.39 is 10.0 Å². The second-order valence-electron chi connectivity index (χ2n) is 7.68. The number of aryl methyl sites for hydroxylation is 1. The second kappa shape index (κ2) is 8.45. The minimum Gasteiger partial charge on any atom is -0.322 e. The van der Waals surface area contributed by atoms with Crippen molar-refractivity contribution in [3.63, 3.8) is 0 Å². The molecule has 2 aromatic rings. The van der Waals surface area contributed by atoms with Gasteiger partial charge < -0.3 is 5.32 Å². The number of rotatable bonds is 5. The third-order valence-electron chi connectivity index (χ3n) is 5.22. The Bertz CT molecular complexity index is 961. The highest BCUT2D eigenvalue weighted by atomic mass is 32.2. The number of benzene rings is 2. The molecule has 0 saturated carbocycles. The fraction of sp³-hybridized carbons (Fsp3) is 0.409. The van der Waals surface area contributed by atoms with Crippen molar-refractivity contribution in [2.75, 3.05) is 18.4 Å². The Morgan fingerprint density at radius 2 is 1.75 bits per heavy atom. The highest BCUT2D eigenvalue weighted by Gasteiger charge is 2.27. The van der Waals surface area contributed by atoms with Crippen LogP contribution in [0.4, 0.5) is 5.69 Å². The maximum Gasteiger partial charge on any atom is 0.255 e. The van der Waals surface area contributed by atoms with Crippen LogP contribution in [0.25, 0.3) is 0 Å². The Hall–Kier alpha value is -2.18. The summed E-state index contributed by atoms with van der Waals surface area (Å²) in [7, 11) is -3.57. The van der Waals surface area contributed by atoms with Crippen LogP contribution < -0.4 is 5.32 Å². The molecule has 0 spiro atoms. The second-order valence-corrected chi connectivity index (χ2v) is 9.61. The summed E-state index contributed by atoms with van der Waals surface area (Å²) in [5.74, 6) is 0.0608. The number of amides is 1. The molecule has 0 aliphatic carbocycles. The van der Waals surface area contributed by atoms with E-state index in [1.54, 1.807) is 12.1 Å². The van der Waals surface area contributed by atoms with Crippen molar-refractivity contribution in [2.24, 2.45) is 0 Å². The largest absolute Gasteiger partial charge is 0.322 e. The van der Waals surface area contributed by atoms with Gasteiger partial charge in [0.05, 0.1) is 4.90 Å². The Morgan fingerprint density at radius 1 is 1.04 bits per heavy atom. The van der Waals surface area contributed by atoms with E-state index in [-0.39, 0.29) is 10.8 Å². The van der Waals surface area contributed by atoms with Gasteiger partial charge in [-0.15, -0.1) is 0 Å². The molecule has 1 N–H and O–H groups in total. The number of carbonyl (C=O) groups excluding carboxylic acids is 1. The number of piperidine rings is 1. The molecule has 0 bridgehead atoms. The first-order valence-electron chi connectivity index (χ1n) is 9.81. The van der Waals surface area contributed by atoms with Gasteiger partial charge in [0.25, 0.3) is 5.91 Å². The van der Waals surface area contributed by atoms with Gasteiger partial charge in [-0.3, -0.25) is 4.79 Å². The zero-order chi connectivity index (χ0) is 20.3. The van der Waals surface area contributed by atoms with Gasteiger partial charge in [0.1, 0.15) is 0 Å². The van der Waals surface area contributed by atoms with E-state index in [2.05, 4.69) is 19.2 Å². The Balaban J connectivity index is 1.87. The zero-order valence-corrected chi connectivity index (χ0v) is 17.6. The van der Waals surface area contributed by atoms with E-state index in [9.17, 15) is 13.2 Å². The van der Waals surface area contributed by atoms with E-state index in [1.165, 1.54) is 10.4 Å². The summed E-state index contributed by atoms with van der Waals surface area (Å²) in [5, 5.41) is 2.91. The predicted octanol–water partition coefficient (Wildman–Crippen LogP) is 4.55. The summed E-state index contributed by atoms with van der Waals surface area (Å²) in [6, 6.07) is 12.5. The lowest BCUT2D eigenvalue weighted by molar-refractivity contribution is 0.102. The van der Waals surface area contributed by atoms with Crippen LogP contribution >= 0.6 is 0 Å². The molecule has 1 heterocycles. The first-order chi connectivity index (χ1) is 13.3. The van der Waals surface area contributed by atoms with Crippen LogP contribution in [0.15, 0.2) is 47.4 Å². The molecular weight excluding hydrogens is 372 g/mol. The van der Waals surface area contributed by atoms with Gasteiger partial charge in [0, 0.05) is 24.3 Å². The molecule has 6 heteroatoms. The third kappa shape index (κ3) is 4.45. The first kappa shape index (κ1) is 20.6. The third-order valence-corrected chi connectivity index (χ3v) is 7.11. The van der Waals surface area contributed by atoms with Crippen molar-refractivity contribution in [3.8, 4) is 0 Å². The maximum absolute atomic E-state index is 12.9. The van der Waals surface area contributed by atoms with Gasteiger partial charge in [0.2, 0.25) is 10.0 Å². The van der Waals surface area contributed by atoms with Crippen LogP contribution in [0, 0.1) is 6.92 Å². The molecule has 28 heavy (non-hydrogen) atoms. The number of nitrogens with zero attached hydrogens (tertiary/aromatic N) is 1. The normalized spacial score (nSPS) is 15.6. The summed E-state index contributed by atoms with van der Waals surface area (Å²) in [6.07, 6.45) is 2.82.